The van der Waals surface area contributed by atoms with Gasteiger partial charge in [-0.1, -0.05) is 0 Å². The molecule has 0 atom stereocenters. The van der Waals surface area contributed by atoms with Crippen LogP contribution in [0.5, 0.6) is 0 Å². The molecule has 1 heterocycles. The number of amides is 1. The van der Waals surface area contributed by atoms with Gasteiger partial charge in [-0.05, 0) is 0 Å². The third-order valence-corrected chi connectivity index (χ3v) is 1.28. The molecule has 74 valence electrons. The fourth-order valence-corrected chi connectivity index (χ4v) is 0.690. The maximum absolute atomic E-state index is 11.1. The highest BCUT2D eigenvalue weighted by molar-refractivity contribution is 5.92. The average molecular weight is 196 g/mol. The van der Waals surface area contributed by atoms with Gasteiger partial charge in [-0.15, -0.1) is 0 Å². The molecule has 1 aromatic heterocycles. The number of nitrogens with one attached hydrogen (secondary N) is 1. The van der Waals surface area contributed by atoms with Crippen molar-refractivity contribution in [3.63, 3.8) is 0 Å². The highest BCUT2D eigenvalue weighted by atomic mass is 16.4. The van der Waals surface area contributed by atoms with Gasteiger partial charge in [0.1, 0.15) is 6.54 Å². The first-order chi connectivity index (χ1) is 6.59. The lowest BCUT2D eigenvalue weighted by Crippen LogP contribution is -2.30. The standard InChI is InChI=1S/C7H8N4O3/c8-4-1-9-6(10-2-4)7(14)11-3-5(12)13/h1-2H,3,8H2,(H,11,14)(H,12,13). The van der Waals surface area contributed by atoms with Crippen LogP contribution in [0.25, 0.3) is 0 Å². The molecule has 0 fully saturated rings. The predicted molar refractivity (Wildman–Crippen MR) is 46.4 cm³/mol. The second kappa shape index (κ2) is 4.17. The van der Waals surface area contributed by atoms with E-state index in [1.54, 1.807) is 0 Å². The van der Waals surface area contributed by atoms with Crippen molar-refractivity contribution in [3.05, 3.63) is 18.2 Å². The highest BCUT2D eigenvalue weighted by Gasteiger charge is 2.09. The average Bonchev–Trinajstić information content (AvgIpc) is 2.15. The van der Waals surface area contributed by atoms with Crippen LogP contribution in [0.2, 0.25) is 0 Å². The summed E-state index contributed by atoms with van der Waals surface area (Å²) in [5, 5.41) is 10.4. The zero-order chi connectivity index (χ0) is 10.6. The van der Waals surface area contributed by atoms with Crippen molar-refractivity contribution >= 4 is 17.6 Å². The molecular weight excluding hydrogens is 188 g/mol. The first-order valence-electron chi connectivity index (χ1n) is 3.67. The number of carbonyl (C=O) groups is 2. The number of carboxylic acids is 1. The SMILES string of the molecule is Nc1cnc(C(=O)NCC(=O)O)nc1. The van der Waals surface area contributed by atoms with Gasteiger partial charge in [0, 0.05) is 0 Å². The normalized spacial score (nSPS) is 9.43. The molecule has 0 unspecified atom stereocenters. The summed E-state index contributed by atoms with van der Waals surface area (Å²) >= 11 is 0. The van der Waals surface area contributed by atoms with Gasteiger partial charge in [0.15, 0.2) is 0 Å². The van der Waals surface area contributed by atoms with Crippen LogP contribution in [0.1, 0.15) is 10.6 Å². The molecule has 0 aromatic carbocycles. The smallest absolute Gasteiger partial charge is 0.322 e. The van der Waals surface area contributed by atoms with Crippen molar-refractivity contribution in [3.8, 4) is 0 Å². The van der Waals surface area contributed by atoms with Crippen LogP contribution >= 0.6 is 0 Å². The zero-order valence-corrected chi connectivity index (χ0v) is 7.10. The van der Waals surface area contributed by atoms with E-state index in [1.165, 1.54) is 12.4 Å². The second-order valence-corrected chi connectivity index (χ2v) is 2.42. The van der Waals surface area contributed by atoms with E-state index >= 15 is 0 Å². The van der Waals surface area contributed by atoms with Crippen molar-refractivity contribution < 1.29 is 14.7 Å². The summed E-state index contributed by atoms with van der Waals surface area (Å²) in [6.07, 6.45) is 2.53. The van der Waals surface area contributed by atoms with Crippen LogP contribution in [0.15, 0.2) is 12.4 Å². The molecule has 0 saturated carbocycles. The van der Waals surface area contributed by atoms with E-state index in [0.29, 0.717) is 5.69 Å². The molecular formula is C7H8N4O3. The van der Waals surface area contributed by atoms with Gasteiger partial charge >= 0.3 is 5.97 Å². The number of anilines is 1. The molecule has 0 aliphatic heterocycles. The quantitative estimate of drug-likeness (QED) is 0.563. The molecule has 4 N–H and O–H groups in total. The van der Waals surface area contributed by atoms with Crippen LogP contribution in [-0.4, -0.2) is 33.5 Å². The van der Waals surface area contributed by atoms with Gasteiger partial charge in [0.2, 0.25) is 5.82 Å². The fraction of sp³-hybridized carbons (Fsp3) is 0.143. The van der Waals surface area contributed by atoms with Crippen LogP contribution in [-0.2, 0) is 4.79 Å². The maximum atomic E-state index is 11.1. The Balaban J connectivity index is 2.61. The first-order valence-corrected chi connectivity index (χ1v) is 3.67. The van der Waals surface area contributed by atoms with E-state index in [9.17, 15) is 9.59 Å². The lowest BCUT2D eigenvalue weighted by atomic mass is 10.5. The summed E-state index contributed by atoms with van der Waals surface area (Å²) in [6, 6.07) is 0. The number of hydrogen-bond acceptors (Lipinski definition) is 5. The van der Waals surface area contributed by atoms with Crippen molar-refractivity contribution in [1.29, 1.82) is 0 Å². The minimum absolute atomic E-state index is 0.111. The molecule has 1 aromatic rings. The third kappa shape index (κ3) is 2.70. The third-order valence-electron chi connectivity index (χ3n) is 1.28. The monoisotopic (exact) mass is 196 g/mol. The van der Waals surface area contributed by atoms with Crippen molar-refractivity contribution in [1.82, 2.24) is 15.3 Å². The van der Waals surface area contributed by atoms with E-state index in [-0.39, 0.29) is 5.82 Å². The van der Waals surface area contributed by atoms with Gasteiger partial charge in [-0.25, -0.2) is 9.97 Å². The molecule has 0 spiro atoms. The van der Waals surface area contributed by atoms with Crippen molar-refractivity contribution in [2.24, 2.45) is 0 Å². The number of carboxylic acid groups (broad SMARTS) is 1. The van der Waals surface area contributed by atoms with Gasteiger partial charge in [0.25, 0.3) is 5.91 Å². The summed E-state index contributed by atoms with van der Waals surface area (Å²) in [5.74, 6) is -1.89. The molecule has 14 heavy (non-hydrogen) atoms. The van der Waals surface area contributed by atoms with Crippen molar-refractivity contribution in [2.75, 3.05) is 12.3 Å². The van der Waals surface area contributed by atoms with Crippen molar-refractivity contribution in [2.45, 2.75) is 0 Å². The maximum Gasteiger partial charge on any atom is 0.322 e. The van der Waals surface area contributed by atoms with E-state index in [1.807, 2.05) is 0 Å². The first kappa shape index (κ1) is 9.90. The topological polar surface area (TPSA) is 118 Å². The van der Waals surface area contributed by atoms with E-state index in [2.05, 4.69) is 15.3 Å². The summed E-state index contributed by atoms with van der Waals surface area (Å²) in [5.41, 5.74) is 5.63. The van der Waals surface area contributed by atoms with E-state index in [4.69, 9.17) is 10.8 Å². The zero-order valence-electron chi connectivity index (χ0n) is 7.10. The number of rotatable bonds is 3. The lowest BCUT2D eigenvalue weighted by Gasteiger charge is -2.00. The Kier molecular flexibility index (Phi) is 2.95. The highest BCUT2D eigenvalue weighted by Crippen LogP contribution is 1.95. The predicted octanol–water partition coefficient (Wildman–Crippen LogP) is -1.13. The number of nitrogens with two attached hydrogens (primary N) is 1. The summed E-state index contributed by atoms with van der Waals surface area (Å²) in [4.78, 5) is 28.5. The van der Waals surface area contributed by atoms with E-state index in [0.717, 1.165) is 0 Å². The second-order valence-electron chi connectivity index (χ2n) is 2.42. The molecule has 0 saturated heterocycles. The Bertz CT molecular complexity index is 348. The Morgan fingerprint density at radius 1 is 1.43 bits per heavy atom. The van der Waals surface area contributed by atoms with Crippen LogP contribution in [0.3, 0.4) is 0 Å². The molecule has 1 rings (SSSR count). The van der Waals surface area contributed by atoms with E-state index < -0.39 is 18.4 Å². The number of hydrogen-bond donors (Lipinski definition) is 3. The number of nitrogens with zero attached hydrogens (tertiary/aromatic N) is 2. The summed E-state index contributed by atoms with van der Waals surface area (Å²) in [6.45, 7) is -0.466. The summed E-state index contributed by atoms with van der Waals surface area (Å²) in [7, 11) is 0. The minimum Gasteiger partial charge on any atom is -0.480 e. The minimum atomic E-state index is -1.13. The van der Waals surface area contributed by atoms with Crippen LogP contribution < -0.4 is 11.1 Å². The fourth-order valence-electron chi connectivity index (χ4n) is 0.690. The molecule has 0 aliphatic rings. The van der Waals surface area contributed by atoms with Gasteiger partial charge in [-0.2, -0.15) is 0 Å². The molecule has 0 aliphatic carbocycles. The van der Waals surface area contributed by atoms with Gasteiger partial charge in [0.05, 0.1) is 18.1 Å². The van der Waals surface area contributed by atoms with Gasteiger partial charge < -0.3 is 16.2 Å². The largest absolute Gasteiger partial charge is 0.480 e. The Morgan fingerprint density at radius 3 is 2.50 bits per heavy atom. The van der Waals surface area contributed by atoms with Gasteiger partial charge in [-0.3, -0.25) is 9.59 Å². The molecule has 7 heteroatoms. The number of carbonyl (C=O) groups excluding carboxylic acids is 1. The Morgan fingerprint density at radius 2 is 2.00 bits per heavy atom. The summed E-state index contributed by atoms with van der Waals surface area (Å²) < 4.78 is 0. The van der Waals surface area contributed by atoms with Crippen LogP contribution in [0.4, 0.5) is 5.69 Å². The Hall–Kier alpha value is -2.18. The molecule has 1 amide bonds. The molecule has 0 bridgehead atoms. The molecule has 0 radical (unpaired) electrons. The number of aromatic nitrogens is 2. The Labute approximate surface area is 79.0 Å². The number of aliphatic carboxylic acids is 1. The molecule has 7 nitrogen and oxygen atoms in total. The number of nitrogen functional groups attached to an aromatic ring is 1. The van der Waals surface area contributed by atoms with Crippen LogP contribution in [0, 0.1) is 0 Å². The lowest BCUT2D eigenvalue weighted by molar-refractivity contribution is -0.135.